The molecular formula is C14H20Br2O. The van der Waals surface area contributed by atoms with Gasteiger partial charge in [0.05, 0.1) is 0 Å². The molecule has 96 valence electrons. The van der Waals surface area contributed by atoms with Crippen LogP contribution in [0.25, 0.3) is 0 Å². The van der Waals surface area contributed by atoms with Gasteiger partial charge in [-0.15, -0.1) is 0 Å². The molecule has 0 unspecified atom stereocenters. The second kappa shape index (κ2) is 7.55. The van der Waals surface area contributed by atoms with E-state index in [0.717, 1.165) is 30.3 Å². The molecule has 0 bridgehead atoms. The number of hydrogen-bond acceptors (Lipinski definition) is 1. The van der Waals surface area contributed by atoms with E-state index in [0.29, 0.717) is 0 Å². The zero-order valence-corrected chi connectivity index (χ0v) is 13.7. The molecule has 0 atom stereocenters. The average Bonchev–Trinajstić information content (AvgIpc) is 2.36. The topological polar surface area (TPSA) is 9.23 Å². The van der Waals surface area contributed by atoms with Crippen LogP contribution in [0, 0.1) is 6.92 Å². The summed E-state index contributed by atoms with van der Waals surface area (Å²) in [5.41, 5.74) is 2.89. The van der Waals surface area contributed by atoms with Crippen LogP contribution in [0.3, 0.4) is 0 Å². The van der Waals surface area contributed by atoms with Crippen LogP contribution in [0.4, 0.5) is 0 Å². The summed E-state index contributed by atoms with van der Waals surface area (Å²) in [7, 11) is 0. The highest BCUT2D eigenvalue weighted by Crippen LogP contribution is 2.34. The number of rotatable bonds is 7. The molecule has 0 aliphatic heterocycles. The van der Waals surface area contributed by atoms with Gasteiger partial charge >= 0.3 is 0 Å². The van der Waals surface area contributed by atoms with Crippen molar-refractivity contribution in [3.63, 3.8) is 0 Å². The first-order valence-corrected chi connectivity index (χ1v) is 8.20. The van der Waals surface area contributed by atoms with E-state index in [-0.39, 0.29) is 5.41 Å². The van der Waals surface area contributed by atoms with E-state index in [1.54, 1.807) is 0 Å². The molecular weight excluding hydrogens is 344 g/mol. The highest BCUT2D eigenvalue weighted by Gasteiger charge is 2.30. The van der Waals surface area contributed by atoms with Gasteiger partial charge in [0.15, 0.2) is 0 Å². The van der Waals surface area contributed by atoms with E-state index in [1.807, 2.05) is 6.92 Å². The number of alkyl halides is 2. The molecule has 0 N–H and O–H groups in total. The van der Waals surface area contributed by atoms with E-state index >= 15 is 0 Å². The lowest BCUT2D eigenvalue weighted by molar-refractivity contribution is 0.131. The first-order valence-electron chi connectivity index (χ1n) is 5.96. The Kier molecular flexibility index (Phi) is 6.75. The van der Waals surface area contributed by atoms with Gasteiger partial charge in [-0.3, -0.25) is 0 Å². The van der Waals surface area contributed by atoms with Crippen molar-refractivity contribution < 1.29 is 4.74 Å². The smallest absolute Gasteiger partial charge is 0.0474 e. The maximum absolute atomic E-state index is 5.51. The largest absolute Gasteiger partial charge is 0.382 e. The fourth-order valence-corrected chi connectivity index (χ4v) is 4.12. The minimum absolute atomic E-state index is 0.126. The van der Waals surface area contributed by atoms with Crippen molar-refractivity contribution in [3.8, 4) is 0 Å². The lowest BCUT2D eigenvalue weighted by atomic mass is 9.79. The maximum atomic E-state index is 5.51. The minimum atomic E-state index is 0.126. The maximum Gasteiger partial charge on any atom is 0.0474 e. The Morgan fingerprint density at radius 2 is 1.82 bits per heavy atom. The zero-order chi connectivity index (χ0) is 12.7. The van der Waals surface area contributed by atoms with Gasteiger partial charge < -0.3 is 4.74 Å². The van der Waals surface area contributed by atoms with E-state index in [1.165, 1.54) is 11.1 Å². The second-order valence-electron chi connectivity index (χ2n) is 4.31. The van der Waals surface area contributed by atoms with Crippen LogP contribution in [-0.4, -0.2) is 23.9 Å². The van der Waals surface area contributed by atoms with Gasteiger partial charge in [-0.05, 0) is 31.4 Å². The van der Waals surface area contributed by atoms with Gasteiger partial charge in [0.25, 0.3) is 0 Å². The Labute approximate surface area is 121 Å². The normalized spacial score (nSPS) is 11.8. The van der Waals surface area contributed by atoms with Crippen molar-refractivity contribution in [2.75, 3.05) is 23.9 Å². The summed E-state index contributed by atoms with van der Waals surface area (Å²) in [6.07, 6.45) is 1.03. The van der Waals surface area contributed by atoms with Crippen molar-refractivity contribution in [1.82, 2.24) is 0 Å². The molecule has 17 heavy (non-hydrogen) atoms. The third-order valence-corrected chi connectivity index (χ3v) is 5.30. The van der Waals surface area contributed by atoms with E-state index in [2.05, 4.69) is 63.0 Å². The number of ether oxygens (including phenoxy) is 1. The van der Waals surface area contributed by atoms with Crippen LogP contribution in [0.2, 0.25) is 0 Å². The van der Waals surface area contributed by atoms with Crippen molar-refractivity contribution in [3.05, 3.63) is 35.4 Å². The number of hydrogen-bond donors (Lipinski definition) is 0. The van der Waals surface area contributed by atoms with Gasteiger partial charge in [-0.2, -0.15) is 0 Å². The predicted molar refractivity (Wildman–Crippen MR) is 81.6 cm³/mol. The Morgan fingerprint density at radius 1 is 1.18 bits per heavy atom. The summed E-state index contributed by atoms with van der Waals surface area (Å²) >= 11 is 7.34. The van der Waals surface area contributed by atoms with Crippen LogP contribution in [0.1, 0.15) is 24.5 Å². The Hall–Kier alpha value is 0.140. The van der Waals surface area contributed by atoms with Gasteiger partial charge in [0.1, 0.15) is 0 Å². The summed E-state index contributed by atoms with van der Waals surface area (Å²) in [4.78, 5) is 0. The van der Waals surface area contributed by atoms with Crippen molar-refractivity contribution in [2.24, 2.45) is 0 Å². The molecule has 3 heteroatoms. The molecule has 0 amide bonds. The van der Waals surface area contributed by atoms with Crippen molar-refractivity contribution >= 4 is 31.9 Å². The third-order valence-electron chi connectivity index (χ3n) is 3.16. The summed E-state index contributed by atoms with van der Waals surface area (Å²) in [6, 6.07) is 8.61. The fraction of sp³-hybridized carbons (Fsp3) is 0.571. The summed E-state index contributed by atoms with van der Waals surface area (Å²) in [5, 5.41) is 1.90. The first-order chi connectivity index (χ1) is 8.20. The van der Waals surface area contributed by atoms with Crippen LogP contribution < -0.4 is 0 Å². The zero-order valence-electron chi connectivity index (χ0n) is 10.5. The number of halogens is 2. The molecule has 0 aliphatic rings. The van der Waals surface area contributed by atoms with Crippen LogP contribution in [0.5, 0.6) is 0 Å². The van der Waals surface area contributed by atoms with Gasteiger partial charge in [0.2, 0.25) is 0 Å². The molecule has 1 aromatic carbocycles. The molecule has 1 nitrogen and oxygen atoms in total. The van der Waals surface area contributed by atoms with Gasteiger partial charge in [0, 0.05) is 29.3 Å². The fourth-order valence-electron chi connectivity index (χ4n) is 2.03. The molecule has 0 fully saturated rings. The van der Waals surface area contributed by atoms with E-state index < -0.39 is 0 Å². The van der Waals surface area contributed by atoms with E-state index in [4.69, 9.17) is 4.74 Å². The summed E-state index contributed by atoms with van der Waals surface area (Å²) < 4.78 is 5.51. The molecule has 0 saturated carbocycles. The molecule has 0 radical (unpaired) electrons. The van der Waals surface area contributed by atoms with E-state index in [9.17, 15) is 0 Å². The molecule has 1 rings (SSSR count). The van der Waals surface area contributed by atoms with Gasteiger partial charge in [-0.25, -0.2) is 0 Å². The highest BCUT2D eigenvalue weighted by atomic mass is 79.9. The molecule has 0 heterocycles. The Bertz CT molecular complexity index is 335. The molecule has 0 aromatic heterocycles. The second-order valence-corrected chi connectivity index (χ2v) is 5.43. The van der Waals surface area contributed by atoms with Crippen LogP contribution in [0.15, 0.2) is 24.3 Å². The summed E-state index contributed by atoms with van der Waals surface area (Å²) in [6.45, 7) is 5.81. The average molecular weight is 364 g/mol. The van der Waals surface area contributed by atoms with Gasteiger partial charge in [-0.1, -0.05) is 56.1 Å². The van der Waals surface area contributed by atoms with Crippen LogP contribution in [-0.2, 0) is 10.2 Å². The Balaban J connectivity index is 2.94. The molecule has 0 aliphatic carbocycles. The Morgan fingerprint density at radius 3 is 2.35 bits per heavy atom. The van der Waals surface area contributed by atoms with Crippen LogP contribution >= 0.6 is 31.9 Å². The SMILES string of the molecule is CCOCCC(CBr)(CBr)c1ccccc1C. The lowest BCUT2D eigenvalue weighted by Gasteiger charge is -2.32. The standard InChI is InChI=1S/C14H20Br2O/c1-3-17-9-8-14(10-15,11-16)13-7-5-4-6-12(13)2/h4-7H,3,8-11H2,1-2H3. The molecule has 0 saturated heterocycles. The molecule has 1 aromatic rings. The number of aryl methyl sites for hydroxylation is 1. The molecule has 0 spiro atoms. The quantitative estimate of drug-likeness (QED) is 0.513. The minimum Gasteiger partial charge on any atom is -0.382 e. The van der Waals surface area contributed by atoms with Crippen molar-refractivity contribution in [2.45, 2.75) is 25.7 Å². The highest BCUT2D eigenvalue weighted by molar-refractivity contribution is 9.09. The lowest BCUT2D eigenvalue weighted by Crippen LogP contribution is -2.32. The first kappa shape index (κ1) is 15.2. The monoisotopic (exact) mass is 362 g/mol. The number of benzene rings is 1. The van der Waals surface area contributed by atoms with Crippen molar-refractivity contribution in [1.29, 1.82) is 0 Å². The summed E-state index contributed by atoms with van der Waals surface area (Å²) in [5.74, 6) is 0. The predicted octanol–water partition coefficient (Wildman–Crippen LogP) is 4.45. The third kappa shape index (κ3) is 3.80.